The van der Waals surface area contributed by atoms with Gasteiger partial charge in [-0.3, -0.25) is 9.79 Å². The number of hydrogen-bond donors (Lipinski definition) is 3. The number of aryl methyl sites for hydroxylation is 2. The first-order chi connectivity index (χ1) is 13.9. The molecule has 0 aliphatic rings. The second kappa shape index (κ2) is 13.0. The van der Waals surface area contributed by atoms with Gasteiger partial charge in [0.1, 0.15) is 11.6 Å². The zero-order valence-corrected chi connectivity index (χ0v) is 20.6. The number of rotatable bonds is 8. The largest absolute Gasteiger partial charge is 0.491 e. The van der Waals surface area contributed by atoms with Crippen molar-refractivity contribution in [1.29, 1.82) is 0 Å². The first kappa shape index (κ1) is 25.7. The zero-order chi connectivity index (χ0) is 21.2. The number of hydrogen-bond acceptors (Lipinski definition) is 4. The summed E-state index contributed by atoms with van der Waals surface area (Å²) in [5.74, 6) is 1.95. The third-order valence-corrected chi connectivity index (χ3v) is 4.08. The molecule has 0 radical (unpaired) electrons. The smallest absolute Gasteiger partial charge is 0.227 e. The molecule has 0 spiro atoms. The lowest BCUT2D eigenvalue weighted by atomic mass is 10.1. The van der Waals surface area contributed by atoms with Crippen molar-refractivity contribution in [3.05, 3.63) is 53.2 Å². The molecule has 0 saturated heterocycles. The highest BCUT2D eigenvalue weighted by molar-refractivity contribution is 14.0. The highest BCUT2D eigenvalue weighted by Gasteiger charge is 2.08. The highest BCUT2D eigenvalue weighted by Crippen LogP contribution is 2.21. The number of nitrogens with one attached hydrogen (secondary N) is 3. The number of aliphatic imine (C=N–C) groups is 1. The summed E-state index contributed by atoms with van der Waals surface area (Å²) in [7, 11) is 1.70. The van der Waals surface area contributed by atoms with E-state index in [1.807, 2.05) is 39.8 Å². The second-order valence-corrected chi connectivity index (χ2v) is 7.15. The first-order valence-corrected chi connectivity index (χ1v) is 9.80. The summed E-state index contributed by atoms with van der Waals surface area (Å²) in [6.45, 7) is 9.05. The molecule has 30 heavy (non-hydrogen) atoms. The van der Waals surface area contributed by atoms with Gasteiger partial charge in [0.25, 0.3) is 0 Å². The number of halogens is 1. The van der Waals surface area contributed by atoms with Gasteiger partial charge in [-0.15, -0.1) is 24.0 Å². The Bertz CT molecular complexity index is 838. The van der Waals surface area contributed by atoms with E-state index in [1.54, 1.807) is 19.3 Å². The Kier molecular flexibility index (Phi) is 11.2. The molecular formula is C22H32IN5O2. The molecule has 1 aromatic carbocycles. The van der Waals surface area contributed by atoms with Gasteiger partial charge in [0, 0.05) is 38.3 Å². The maximum Gasteiger partial charge on any atom is 0.227 e. The fourth-order valence-electron chi connectivity index (χ4n) is 2.61. The number of benzene rings is 1. The zero-order valence-electron chi connectivity index (χ0n) is 18.3. The summed E-state index contributed by atoms with van der Waals surface area (Å²) in [6.07, 6.45) is 2.14. The molecule has 1 aromatic heterocycles. The SMILES string of the molecule is CN=C(NCCC(=O)Nc1ccc(C)cn1)NCc1ccc(C)cc1OC(C)C.I. The number of pyridine rings is 1. The van der Waals surface area contributed by atoms with E-state index in [-0.39, 0.29) is 36.0 Å². The number of carbonyl (C=O) groups is 1. The molecule has 3 N–H and O–H groups in total. The van der Waals surface area contributed by atoms with Crippen LogP contribution < -0.4 is 20.7 Å². The standard InChI is InChI=1S/C22H31N5O2.HI/c1-15(2)29-19-12-16(3)6-8-18(19)14-26-22(23-5)24-11-10-21(28)27-20-9-7-17(4)13-25-20;/h6-9,12-13,15H,10-11,14H2,1-5H3,(H2,23,24,26)(H,25,27,28);1H. The molecule has 1 heterocycles. The Morgan fingerprint density at radius 2 is 1.87 bits per heavy atom. The van der Waals surface area contributed by atoms with Gasteiger partial charge in [-0.25, -0.2) is 4.98 Å². The molecule has 0 aliphatic heterocycles. The van der Waals surface area contributed by atoms with Crippen LogP contribution in [-0.4, -0.2) is 36.5 Å². The number of nitrogens with zero attached hydrogens (tertiary/aromatic N) is 2. The number of guanidine groups is 1. The van der Waals surface area contributed by atoms with Crippen LogP contribution in [-0.2, 0) is 11.3 Å². The minimum atomic E-state index is -0.101. The third-order valence-electron chi connectivity index (χ3n) is 4.08. The van der Waals surface area contributed by atoms with Gasteiger partial charge in [-0.05, 0) is 51.0 Å². The van der Waals surface area contributed by atoms with Gasteiger partial charge >= 0.3 is 0 Å². The van der Waals surface area contributed by atoms with E-state index in [4.69, 9.17) is 4.74 Å². The molecule has 2 rings (SSSR count). The van der Waals surface area contributed by atoms with Crippen LogP contribution in [0.2, 0.25) is 0 Å². The van der Waals surface area contributed by atoms with Crippen LogP contribution in [0.4, 0.5) is 5.82 Å². The van der Waals surface area contributed by atoms with E-state index in [0.717, 1.165) is 22.4 Å². The van der Waals surface area contributed by atoms with E-state index in [9.17, 15) is 4.79 Å². The summed E-state index contributed by atoms with van der Waals surface area (Å²) in [5, 5.41) is 9.20. The van der Waals surface area contributed by atoms with Gasteiger partial charge in [0.2, 0.25) is 5.91 Å². The normalized spacial score (nSPS) is 10.9. The minimum Gasteiger partial charge on any atom is -0.491 e. The fraction of sp³-hybridized carbons (Fsp3) is 0.409. The molecule has 0 atom stereocenters. The van der Waals surface area contributed by atoms with Crippen LogP contribution in [0.25, 0.3) is 0 Å². The molecule has 1 amide bonds. The molecule has 0 aliphatic carbocycles. The van der Waals surface area contributed by atoms with Crippen molar-refractivity contribution in [2.24, 2.45) is 4.99 Å². The number of carbonyl (C=O) groups excluding carboxylic acids is 1. The third kappa shape index (κ3) is 8.98. The van der Waals surface area contributed by atoms with Crippen LogP contribution in [0.5, 0.6) is 5.75 Å². The van der Waals surface area contributed by atoms with Crippen LogP contribution in [0.15, 0.2) is 41.5 Å². The molecule has 0 fully saturated rings. The molecule has 0 saturated carbocycles. The summed E-state index contributed by atoms with van der Waals surface area (Å²) >= 11 is 0. The average Bonchev–Trinajstić information content (AvgIpc) is 2.67. The number of amides is 1. The first-order valence-electron chi connectivity index (χ1n) is 9.80. The van der Waals surface area contributed by atoms with Crippen LogP contribution in [0.1, 0.15) is 37.0 Å². The van der Waals surface area contributed by atoms with Crippen molar-refractivity contribution in [2.45, 2.75) is 46.8 Å². The predicted octanol–water partition coefficient (Wildman–Crippen LogP) is 3.80. The van der Waals surface area contributed by atoms with Gasteiger partial charge in [0.05, 0.1) is 6.10 Å². The predicted molar refractivity (Wildman–Crippen MR) is 133 cm³/mol. The Balaban J connectivity index is 0.00000450. The van der Waals surface area contributed by atoms with Crippen molar-refractivity contribution in [1.82, 2.24) is 15.6 Å². The van der Waals surface area contributed by atoms with Crippen molar-refractivity contribution in [3.63, 3.8) is 0 Å². The van der Waals surface area contributed by atoms with Crippen LogP contribution in [0.3, 0.4) is 0 Å². The van der Waals surface area contributed by atoms with E-state index in [0.29, 0.717) is 31.3 Å². The maximum absolute atomic E-state index is 12.1. The van der Waals surface area contributed by atoms with E-state index in [1.165, 1.54) is 0 Å². The monoisotopic (exact) mass is 525 g/mol. The molecule has 7 nitrogen and oxygen atoms in total. The summed E-state index contributed by atoms with van der Waals surface area (Å²) in [6, 6.07) is 9.85. The Morgan fingerprint density at radius 3 is 2.50 bits per heavy atom. The lowest BCUT2D eigenvalue weighted by molar-refractivity contribution is -0.116. The number of anilines is 1. The van der Waals surface area contributed by atoms with Crippen molar-refractivity contribution >= 4 is 41.7 Å². The second-order valence-electron chi connectivity index (χ2n) is 7.15. The summed E-state index contributed by atoms with van der Waals surface area (Å²) in [4.78, 5) is 20.4. The lowest BCUT2D eigenvalue weighted by Gasteiger charge is -2.17. The Labute approximate surface area is 196 Å². The van der Waals surface area contributed by atoms with Crippen molar-refractivity contribution < 1.29 is 9.53 Å². The summed E-state index contributed by atoms with van der Waals surface area (Å²) < 4.78 is 5.91. The molecule has 0 unspecified atom stereocenters. The molecule has 8 heteroatoms. The molecule has 2 aromatic rings. The van der Waals surface area contributed by atoms with E-state index < -0.39 is 0 Å². The lowest BCUT2D eigenvalue weighted by Crippen LogP contribution is -2.38. The quantitative estimate of drug-likeness (QED) is 0.277. The number of ether oxygens (including phenoxy) is 1. The Morgan fingerprint density at radius 1 is 1.13 bits per heavy atom. The molecular weight excluding hydrogens is 493 g/mol. The van der Waals surface area contributed by atoms with Gasteiger partial charge in [-0.2, -0.15) is 0 Å². The topological polar surface area (TPSA) is 87.6 Å². The van der Waals surface area contributed by atoms with Gasteiger partial charge in [0.15, 0.2) is 5.96 Å². The molecule has 0 bridgehead atoms. The van der Waals surface area contributed by atoms with Gasteiger partial charge < -0.3 is 20.7 Å². The van der Waals surface area contributed by atoms with Crippen molar-refractivity contribution in [2.75, 3.05) is 18.9 Å². The average molecular weight is 525 g/mol. The maximum atomic E-state index is 12.1. The highest BCUT2D eigenvalue weighted by atomic mass is 127. The summed E-state index contributed by atoms with van der Waals surface area (Å²) in [5.41, 5.74) is 3.26. The van der Waals surface area contributed by atoms with E-state index in [2.05, 4.69) is 38.1 Å². The fourth-order valence-corrected chi connectivity index (χ4v) is 2.61. The number of aromatic nitrogens is 1. The molecule has 164 valence electrons. The van der Waals surface area contributed by atoms with Crippen LogP contribution >= 0.6 is 24.0 Å². The van der Waals surface area contributed by atoms with Crippen LogP contribution in [0, 0.1) is 13.8 Å². The Hall–Kier alpha value is -2.36. The van der Waals surface area contributed by atoms with E-state index >= 15 is 0 Å². The minimum absolute atomic E-state index is 0. The van der Waals surface area contributed by atoms with Crippen molar-refractivity contribution in [3.8, 4) is 5.75 Å². The van der Waals surface area contributed by atoms with Gasteiger partial charge in [-0.1, -0.05) is 18.2 Å².